The van der Waals surface area contributed by atoms with E-state index in [4.69, 9.17) is 4.74 Å². The number of amides is 3. The van der Waals surface area contributed by atoms with Crippen molar-refractivity contribution in [1.82, 2.24) is 25.3 Å². The normalized spacial score (nSPS) is 11.7. The number of benzene rings is 6. The molecule has 4 N–H and O–H groups in total. The Labute approximate surface area is 371 Å². The number of ether oxygens (including phenoxy) is 1. The van der Waals surface area contributed by atoms with Gasteiger partial charge in [0.1, 0.15) is 22.6 Å². The van der Waals surface area contributed by atoms with Gasteiger partial charge in [-0.3, -0.25) is 10.00 Å². The van der Waals surface area contributed by atoms with Crippen molar-refractivity contribution in [3.05, 3.63) is 222 Å². The summed E-state index contributed by atoms with van der Waals surface area (Å²) < 4.78 is 7.26. The molecular weight excluding hydrogens is 783 g/mol. The number of anilines is 2. The third-order valence-corrected chi connectivity index (χ3v) is 11.1. The van der Waals surface area contributed by atoms with E-state index in [-0.39, 0.29) is 19.1 Å². The van der Waals surface area contributed by atoms with Crippen molar-refractivity contribution >= 4 is 23.6 Å². The molecule has 7 aromatic rings. The SMILES string of the molecule is Cn1ncc(NC(=O)N(CCCNC(c2ccccc2)(c2ccccc2)c2ccccc2)CCNC(=O)OC(C)(C)C)c1NC(c1ccccc1)(c1ccccc1)c1ccccc1. The molecule has 0 atom stereocenters. The van der Waals surface area contributed by atoms with E-state index in [2.05, 4.69) is 136 Å². The fraction of sp³-hybridized carbons (Fsp3) is 0.226. The van der Waals surface area contributed by atoms with E-state index in [1.165, 1.54) is 0 Å². The second kappa shape index (κ2) is 20.1. The summed E-state index contributed by atoms with van der Waals surface area (Å²) in [5.41, 5.74) is 4.69. The Balaban J connectivity index is 1.17. The lowest BCUT2D eigenvalue weighted by molar-refractivity contribution is 0.0523. The lowest BCUT2D eigenvalue weighted by atomic mass is 9.77. The second-order valence-corrected chi connectivity index (χ2v) is 16.5. The number of alkyl carbamates (subject to hydrolysis) is 1. The third-order valence-electron chi connectivity index (χ3n) is 11.1. The molecule has 0 aliphatic rings. The molecule has 0 aliphatic carbocycles. The lowest BCUT2D eigenvalue weighted by Gasteiger charge is -2.38. The summed E-state index contributed by atoms with van der Waals surface area (Å²) in [5.74, 6) is 0.617. The Hall–Kier alpha value is -7.17. The summed E-state index contributed by atoms with van der Waals surface area (Å²) in [6.45, 7) is 6.83. The van der Waals surface area contributed by atoms with Crippen LogP contribution in [0, 0.1) is 0 Å². The predicted molar refractivity (Wildman–Crippen MR) is 253 cm³/mol. The number of aryl methyl sites for hydroxylation is 1. The molecule has 0 unspecified atom stereocenters. The first kappa shape index (κ1) is 43.9. The Kier molecular flexibility index (Phi) is 14.0. The largest absolute Gasteiger partial charge is 0.444 e. The molecular formula is C53H57N7O3. The molecule has 7 rings (SSSR count). The molecule has 63 heavy (non-hydrogen) atoms. The van der Waals surface area contributed by atoms with Crippen molar-refractivity contribution in [3.63, 3.8) is 0 Å². The number of rotatable bonds is 17. The summed E-state index contributed by atoms with van der Waals surface area (Å²) in [6, 6.07) is 61.9. The summed E-state index contributed by atoms with van der Waals surface area (Å²) in [5, 5.41) is 18.5. The number of hydrogen-bond donors (Lipinski definition) is 4. The number of carbonyl (C=O) groups is 2. The zero-order chi connectivity index (χ0) is 44.1. The molecule has 322 valence electrons. The maximum atomic E-state index is 14.6. The minimum Gasteiger partial charge on any atom is -0.444 e. The molecule has 1 aromatic heterocycles. The van der Waals surface area contributed by atoms with Crippen LogP contribution in [-0.2, 0) is 22.9 Å². The summed E-state index contributed by atoms with van der Waals surface area (Å²) >= 11 is 0. The smallest absolute Gasteiger partial charge is 0.407 e. The van der Waals surface area contributed by atoms with Gasteiger partial charge in [-0.05, 0) is 67.1 Å². The van der Waals surface area contributed by atoms with Crippen LogP contribution in [0.15, 0.2) is 188 Å². The van der Waals surface area contributed by atoms with Crippen LogP contribution in [0.5, 0.6) is 0 Å². The van der Waals surface area contributed by atoms with Crippen LogP contribution in [0.25, 0.3) is 0 Å². The molecule has 0 saturated carbocycles. The standard InChI is InChI=1S/C53H57N7O3/c1-51(2,3)63-50(62)54-37-39-60(38-23-36-55-52(41-24-11-5-12-25-41,42-26-13-6-14-27-42)43-28-15-7-16-29-43)49(61)57-47-40-56-59(4)48(47)58-53(44-30-17-8-18-31-44,45-32-19-9-20-33-45)46-34-21-10-22-35-46/h5-22,24-35,40,55,58H,23,36-39H2,1-4H3,(H,54,62)(H,57,61). The zero-order valence-corrected chi connectivity index (χ0v) is 36.5. The van der Waals surface area contributed by atoms with Gasteiger partial charge in [0, 0.05) is 26.7 Å². The van der Waals surface area contributed by atoms with Gasteiger partial charge in [-0.15, -0.1) is 0 Å². The van der Waals surface area contributed by atoms with Crippen LogP contribution >= 0.6 is 0 Å². The maximum absolute atomic E-state index is 14.6. The van der Waals surface area contributed by atoms with E-state index in [1.54, 1.807) is 15.8 Å². The highest BCUT2D eigenvalue weighted by molar-refractivity contribution is 5.92. The zero-order valence-electron chi connectivity index (χ0n) is 36.5. The van der Waals surface area contributed by atoms with E-state index in [9.17, 15) is 9.59 Å². The number of nitrogens with zero attached hydrogens (tertiary/aromatic N) is 3. The monoisotopic (exact) mass is 839 g/mol. The molecule has 0 spiro atoms. The number of urea groups is 1. The fourth-order valence-corrected chi connectivity index (χ4v) is 8.17. The molecule has 0 aliphatic heterocycles. The minimum atomic E-state index is -0.859. The van der Waals surface area contributed by atoms with Crippen LogP contribution in [-0.4, -0.2) is 58.6 Å². The summed E-state index contributed by atoms with van der Waals surface area (Å²) in [7, 11) is 1.86. The summed E-state index contributed by atoms with van der Waals surface area (Å²) in [6.07, 6.45) is 1.73. The molecule has 0 bridgehead atoms. The van der Waals surface area contributed by atoms with Gasteiger partial charge in [-0.1, -0.05) is 182 Å². The molecule has 10 nitrogen and oxygen atoms in total. The molecule has 0 radical (unpaired) electrons. The van der Waals surface area contributed by atoms with Gasteiger partial charge in [0.25, 0.3) is 0 Å². The molecule has 0 fully saturated rings. The highest BCUT2D eigenvalue weighted by Crippen LogP contribution is 2.42. The average molecular weight is 840 g/mol. The quantitative estimate of drug-likeness (QED) is 0.0537. The average Bonchev–Trinajstić information content (AvgIpc) is 3.65. The van der Waals surface area contributed by atoms with Crippen molar-refractivity contribution < 1.29 is 14.3 Å². The number of nitrogens with one attached hydrogen (secondary N) is 4. The van der Waals surface area contributed by atoms with Gasteiger partial charge in [0.05, 0.1) is 11.7 Å². The van der Waals surface area contributed by atoms with Crippen LogP contribution < -0.4 is 21.3 Å². The van der Waals surface area contributed by atoms with Gasteiger partial charge >= 0.3 is 12.1 Å². The van der Waals surface area contributed by atoms with Crippen LogP contribution in [0.3, 0.4) is 0 Å². The first-order valence-corrected chi connectivity index (χ1v) is 21.5. The lowest BCUT2D eigenvalue weighted by Crippen LogP contribution is -2.46. The first-order valence-electron chi connectivity index (χ1n) is 21.5. The molecule has 1 heterocycles. The molecule has 0 saturated heterocycles. The van der Waals surface area contributed by atoms with E-state index in [1.807, 2.05) is 101 Å². The van der Waals surface area contributed by atoms with E-state index in [0.29, 0.717) is 31.0 Å². The Bertz CT molecular complexity index is 2300. The summed E-state index contributed by atoms with van der Waals surface area (Å²) in [4.78, 5) is 29.0. The van der Waals surface area contributed by atoms with Crippen molar-refractivity contribution in [2.45, 2.75) is 43.9 Å². The van der Waals surface area contributed by atoms with Gasteiger partial charge in [-0.25, -0.2) is 9.59 Å². The molecule has 6 aromatic carbocycles. The fourth-order valence-electron chi connectivity index (χ4n) is 8.17. The predicted octanol–water partition coefficient (Wildman–Crippen LogP) is 10.2. The van der Waals surface area contributed by atoms with Gasteiger partial charge in [0.15, 0.2) is 0 Å². The second-order valence-electron chi connectivity index (χ2n) is 16.5. The van der Waals surface area contributed by atoms with Gasteiger partial charge in [0.2, 0.25) is 0 Å². The molecule has 3 amide bonds. The number of hydrogen-bond acceptors (Lipinski definition) is 6. The van der Waals surface area contributed by atoms with E-state index < -0.39 is 22.8 Å². The number of carbonyl (C=O) groups excluding carboxylic acids is 2. The highest BCUT2D eigenvalue weighted by atomic mass is 16.6. The first-order chi connectivity index (χ1) is 30.6. The van der Waals surface area contributed by atoms with Crippen LogP contribution in [0.2, 0.25) is 0 Å². The van der Waals surface area contributed by atoms with Gasteiger partial charge in [-0.2, -0.15) is 5.10 Å². The van der Waals surface area contributed by atoms with E-state index >= 15 is 0 Å². The van der Waals surface area contributed by atoms with Crippen molar-refractivity contribution in [1.29, 1.82) is 0 Å². The Morgan fingerprint density at radius 3 is 1.37 bits per heavy atom. The van der Waals surface area contributed by atoms with Gasteiger partial charge < -0.3 is 25.6 Å². The maximum Gasteiger partial charge on any atom is 0.407 e. The van der Waals surface area contributed by atoms with Crippen molar-refractivity contribution in [2.75, 3.05) is 36.8 Å². The Morgan fingerprint density at radius 2 is 0.968 bits per heavy atom. The minimum absolute atomic E-state index is 0.190. The van der Waals surface area contributed by atoms with Crippen molar-refractivity contribution in [3.8, 4) is 0 Å². The van der Waals surface area contributed by atoms with Crippen LogP contribution in [0.4, 0.5) is 21.1 Å². The Morgan fingerprint density at radius 1 is 0.571 bits per heavy atom. The van der Waals surface area contributed by atoms with Crippen molar-refractivity contribution in [2.24, 2.45) is 7.05 Å². The number of aromatic nitrogens is 2. The third kappa shape index (κ3) is 10.3. The van der Waals surface area contributed by atoms with Crippen LogP contribution in [0.1, 0.15) is 60.6 Å². The molecule has 10 heteroatoms. The topological polar surface area (TPSA) is 113 Å². The van der Waals surface area contributed by atoms with E-state index in [0.717, 1.165) is 33.4 Å². The highest BCUT2D eigenvalue weighted by Gasteiger charge is 2.39.